The highest BCUT2D eigenvalue weighted by atomic mass is 32.1. The van der Waals surface area contributed by atoms with Crippen LogP contribution >= 0.6 is 11.3 Å². The van der Waals surface area contributed by atoms with E-state index in [9.17, 15) is 13.2 Å². The molecule has 0 spiro atoms. The maximum atomic E-state index is 13.2. The van der Waals surface area contributed by atoms with Crippen LogP contribution in [0.3, 0.4) is 0 Å². The number of halogens is 3. The van der Waals surface area contributed by atoms with Crippen molar-refractivity contribution in [1.82, 2.24) is 19.9 Å². The first-order valence-electron chi connectivity index (χ1n) is 7.33. The third-order valence-corrected chi connectivity index (χ3v) is 4.28. The van der Waals surface area contributed by atoms with Gasteiger partial charge in [0.05, 0.1) is 6.54 Å². The minimum absolute atomic E-state index is 0.0624. The van der Waals surface area contributed by atoms with Gasteiger partial charge in [0.2, 0.25) is 0 Å². The standard InChI is InChI=1S/C16H14F3N5S/c1-10-9-25-14(21-10)8-24(2)13-7-12(16(17,18)19)22-15(23-13)11-5-3-4-6-20-11/h3-7,9H,8H2,1-2H3. The molecule has 0 aliphatic rings. The number of nitrogens with zero attached hydrogens (tertiary/aromatic N) is 5. The van der Waals surface area contributed by atoms with Crippen LogP contribution in [0.25, 0.3) is 11.5 Å². The number of aromatic nitrogens is 4. The molecule has 0 N–H and O–H groups in total. The molecule has 0 unspecified atom stereocenters. The molecule has 0 atom stereocenters. The highest BCUT2D eigenvalue weighted by Gasteiger charge is 2.34. The Balaban J connectivity index is 2.00. The van der Waals surface area contributed by atoms with Crippen LogP contribution in [0.2, 0.25) is 0 Å². The van der Waals surface area contributed by atoms with E-state index >= 15 is 0 Å². The highest BCUT2D eigenvalue weighted by molar-refractivity contribution is 7.09. The summed E-state index contributed by atoms with van der Waals surface area (Å²) in [6, 6.07) is 5.86. The lowest BCUT2D eigenvalue weighted by Crippen LogP contribution is -2.20. The summed E-state index contributed by atoms with van der Waals surface area (Å²) in [5.74, 6) is 0.100. The summed E-state index contributed by atoms with van der Waals surface area (Å²) in [5.41, 5.74) is 0.162. The molecule has 0 fully saturated rings. The second-order valence-electron chi connectivity index (χ2n) is 5.39. The summed E-state index contributed by atoms with van der Waals surface area (Å²) in [7, 11) is 1.67. The van der Waals surface area contributed by atoms with Gasteiger partial charge in [-0.25, -0.2) is 15.0 Å². The van der Waals surface area contributed by atoms with Crippen molar-refractivity contribution in [3.8, 4) is 11.5 Å². The molecule has 25 heavy (non-hydrogen) atoms. The smallest absolute Gasteiger partial charge is 0.353 e. The van der Waals surface area contributed by atoms with Crippen molar-refractivity contribution >= 4 is 17.2 Å². The van der Waals surface area contributed by atoms with E-state index in [0.29, 0.717) is 6.54 Å². The van der Waals surface area contributed by atoms with Crippen LogP contribution in [0.15, 0.2) is 35.8 Å². The van der Waals surface area contributed by atoms with Crippen molar-refractivity contribution < 1.29 is 13.2 Å². The summed E-state index contributed by atoms with van der Waals surface area (Å²) in [6.45, 7) is 2.22. The summed E-state index contributed by atoms with van der Waals surface area (Å²) >= 11 is 1.45. The zero-order chi connectivity index (χ0) is 18.0. The van der Waals surface area contributed by atoms with Crippen LogP contribution in [0.4, 0.5) is 19.0 Å². The van der Waals surface area contributed by atoms with Gasteiger partial charge in [-0.15, -0.1) is 11.3 Å². The normalized spacial score (nSPS) is 11.6. The van der Waals surface area contributed by atoms with Crippen molar-refractivity contribution in [3.63, 3.8) is 0 Å². The molecule has 0 aromatic carbocycles. The van der Waals surface area contributed by atoms with Gasteiger partial charge in [0, 0.05) is 30.4 Å². The molecule has 0 saturated heterocycles. The SMILES string of the molecule is Cc1csc(CN(C)c2cc(C(F)(F)F)nc(-c3ccccn3)n2)n1. The van der Waals surface area contributed by atoms with Crippen molar-refractivity contribution in [3.05, 3.63) is 52.2 Å². The molecular weight excluding hydrogens is 351 g/mol. The Morgan fingerprint density at radius 3 is 2.56 bits per heavy atom. The first-order chi connectivity index (χ1) is 11.8. The summed E-state index contributed by atoms with van der Waals surface area (Å²) in [4.78, 5) is 17.9. The van der Waals surface area contributed by atoms with Gasteiger partial charge >= 0.3 is 6.18 Å². The van der Waals surface area contributed by atoms with Crippen LogP contribution in [-0.4, -0.2) is 27.0 Å². The topological polar surface area (TPSA) is 54.8 Å². The van der Waals surface area contributed by atoms with Gasteiger partial charge in [-0.05, 0) is 19.1 Å². The number of pyridine rings is 1. The van der Waals surface area contributed by atoms with Gasteiger partial charge in [-0.1, -0.05) is 6.07 Å². The van der Waals surface area contributed by atoms with Crippen molar-refractivity contribution in [1.29, 1.82) is 0 Å². The van der Waals surface area contributed by atoms with E-state index in [1.54, 1.807) is 30.1 Å². The lowest BCUT2D eigenvalue weighted by Gasteiger charge is -2.19. The Morgan fingerprint density at radius 1 is 1.16 bits per heavy atom. The second-order valence-corrected chi connectivity index (χ2v) is 6.33. The van der Waals surface area contributed by atoms with Crippen LogP contribution in [-0.2, 0) is 12.7 Å². The molecule has 3 aromatic rings. The average Bonchev–Trinajstić information content (AvgIpc) is 2.99. The minimum Gasteiger partial charge on any atom is -0.353 e. The lowest BCUT2D eigenvalue weighted by molar-refractivity contribution is -0.141. The Hall–Kier alpha value is -2.55. The fourth-order valence-electron chi connectivity index (χ4n) is 2.14. The molecule has 0 radical (unpaired) electrons. The zero-order valence-corrected chi connectivity index (χ0v) is 14.3. The monoisotopic (exact) mass is 365 g/mol. The van der Waals surface area contributed by atoms with E-state index in [2.05, 4.69) is 19.9 Å². The average molecular weight is 365 g/mol. The molecule has 0 aliphatic heterocycles. The molecule has 130 valence electrons. The van der Waals surface area contributed by atoms with E-state index in [1.807, 2.05) is 12.3 Å². The summed E-state index contributed by atoms with van der Waals surface area (Å²) in [6.07, 6.45) is -3.08. The number of rotatable bonds is 4. The second kappa shape index (κ2) is 6.75. The third kappa shape index (κ3) is 4.11. The van der Waals surface area contributed by atoms with Gasteiger partial charge in [0.25, 0.3) is 0 Å². The van der Waals surface area contributed by atoms with Crippen molar-refractivity contribution in [2.24, 2.45) is 0 Å². The number of hydrogen-bond donors (Lipinski definition) is 0. The molecule has 0 amide bonds. The Labute approximate surface area is 146 Å². The van der Waals surface area contributed by atoms with Crippen LogP contribution in [0, 0.1) is 6.92 Å². The summed E-state index contributed by atoms with van der Waals surface area (Å²) < 4.78 is 39.7. The first kappa shape index (κ1) is 17.3. The van der Waals surface area contributed by atoms with E-state index < -0.39 is 11.9 Å². The third-order valence-electron chi connectivity index (χ3n) is 3.33. The number of thiazole rings is 1. The van der Waals surface area contributed by atoms with E-state index in [-0.39, 0.29) is 17.3 Å². The van der Waals surface area contributed by atoms with E-state index in [0.717, 1.165) is 16.8 Å². The number of alkyl halides is 3. The highest BCUT2D eigenvalue weighted by Crippen LogP contribution is 2.31. The molecule has 0 saturated carbocycles. The predicted octanol–water partition coefficient (Wildman–Crippen LogP) is 3.96. The van der Waals surface area contributed by atoms with Crippen LogP contribution in [0.5, 0.6) is 0 Å². The van der Waals surface area contributed by atoms with E-state index in [1.165, 1.54) is 17.5 Å². The maximum Gasteiger partial charge on any atom is 0.433 e. The van der Waals surface area contributed by atoms with Crippen LogP contribution in [0.1, 0.15) is 16.4 Å². The number of aryl methyl sites for hydroxylation is 1. The quantitative estimate of drug-likeness (QED) is 0.701. The molecule has 9 heteroatoms. The minimum atomic E-state index is -4.57. The molecular formula is C16H14F3N5S. The van der Waals surface area contributed by atoms with Gasteiger partial charge in [-0.3, -0.25) is 4.98 Å². The fraction of sp³-hybridized carbons (Fsp3) is 0.250. The maximum absolute atomic E-state index is 13.2. The molecule has 0 aliphatic carbocycles. The number of hydrogen-bond acceptors (Lipinski definition) is 6. The summed E-state index contributed by atoms with van der Waals surface area (Å²) in [5, 5.41) is 2.69. The lowest BCUT2D eigenvalue weighted by atomic mass is 10.3. The van der Waals surface area contributed by atoms with Gasteiger partial charge in [0.1, 0.15) is 16.5 Å². The van der Waals surface area contributed by atoms with E-state index in [4.69, 9.17) is 0 Å². The molecule has 3 aromatic heterocycles. The molecule has 0 bridgehead atoms. The Morgan fingerprint density at radius 2 is 1.96 bits per heavy atom. The fourth-order valence-corrected chi connectivity index (χ4v) is 2.97. The Kier molecular flexibility index (Phi) is 4.67. The first-order valence-corrected chi connectivity index (χ1v) is 8.21. The van der Waals surface area contributed by atoms with Gasteiger partial charge in [-0.2, -0.15) is 13.2 Å². The van der Waals surface area contributed by atoms with Crippen molar-refractivity contribution in [2.75, 3.05) is 11.9 Å². The van der Waals surface area contributed by atoms with Gasteiger partial charge in [0.15, 0.2) is 11.5 Å². The number of anilines is 1. The van der Waals surface area contributed by atoms with Gasteiger partial charge < -0.3 is 4.90 Å². The molecule has 5 nitrogen and oxygen atoms in total. The van der Waals surface area contributed by atoms with Crippen molar-refractivity contribution in [2.45, 2.75) is 19.6 Å². The van der Waals surface area contributed by atoms with Crippen LogP contribution < -0.4 is 4.90 Å². The predicted molar refractivity (Wildman–Crippen MR) is 89.2 cm³/mol. The Bertz CT molecular complexity index is 864. The largest absolute Gasteiger partial charge is 0.433 e. The molecule has 3 rings (SSSR count). The zero-order valence-electron chi connectivity index (χ0n) is 13.4. The molecule has 3 heterocycles.